The van der Waals surface area contributed by atoms with Gasteiger partial charge in [0.25, 0.3) is 0 Å². The molecular weight excluding hydrogens is 809 g/mol. The summed E-state index contributed by atoms with van der Waals surface area (Å²) in [7, 11) is 0. The molecule has 0 saturated heterocycles. The van der Waals surface area contributed by atoms with Crippen molar-refractivity contribution in [3.05, 3.63) is 206 Å². The minimum Gasteiger partial charge on any atom is -0.455 e. The standard InChI is InChI=1S/C62H34O4/c1-2-24-44-43(23-1)55(35-15-13-17-37(31-35)57-59-47(39-19-5-9-27-51(39)63-59)33-48-40-20-6-10-28-52(40)64-60(48)57)45-25-3-4-26-46(45)56(44)36-16-14-18-38(32-36)58-61-49(41-21-7-11-29-53(41)65-61)34-50-42-22-8-12-30-54(42)66-62(50)58/h1-34H. The van der Waals surface area contributed by atoms with E-state index in [0.29, 0.717) is 0 Å². The van der Waals surface area contributed by atoms with Gasteiger partial charge in [-0.15, -0.1) is 0 Å². The molecule has 0 aliphatic rings. The van der Waals surface area contributed by atoms with Gasteiger partial charge in [-0.1, -0.05) is 158 Å². The highest BCUT2D eigenvalue weighted by Gasteiger charge is 2.25. The lowest BCUT2D eigenvalue weighted by Crippen LogP contribution is -1.92. The van der Waals surface area contributed by atoms with Crippen molar-refractivity contribution in [2.24, 2.45) is 0 Å². The molecule has 15 rings (SSSR count). The number of hydrogen-bond acceptors (Lipinski definition) is 4. The van der Waals surface area contributed by atoms with E-state index in [9.17, 15) is 0 Å². The first-order valence-electron chi connectivity index (χ1n) is 22.4. The Bertz CT molecular complexity index is 4010. The molecule has 66 heavy (non-hydrogen) atoms. The Morgan fingerprint density at radius 3 is 0.712 bits per heavy atom. The van der Waals surface area contributed by atoms with Gasteiger partial charge >= 0.3 is 0 Å². The average Bonchev–Trinajstić information content (AvgIpc) is 4.14. The maximum Gasteiger partial charge on any atom is 0.147 e. The number of rotatable bonds is 4. The van der Waals surface area contributed by atoms with Crippen LogP contribution >= 0.6 is 0 Å². The van der Waals surface area contributed by atoms with E-state index >= 15 is 0 Å². The van der Waals surface area contributed by atoms with E-state index in [2.05, 4.69) is 158 Å². The summed E-state index contributed by atoms with van der Waals surface area (Å²) >= 11 is 0. The van der Waals surface area contributed by atoms with Crippen LogP contribution in [0, 0.1) is 0 Å². The summed E-state index contributed by atoms with van der Waals surface area (Å²) in [6, 6.07) is 73.1. The van der Waals surface area contributed by atoms with Crippen LogP contribution in [-0.2, 0) is 0 Å². The highest BCUT2D eigenvalue weighted by Crippen LogP contribution is 2.50. The molecule has 306 valence electrons. The lowest BCUT2D eigenvalue weighted by Gasteiger charge is -2.18. The molecule has 4 heterocycles. The molecule has 15 aromatic rings. The lowest BCUT2D eigenvalue weighted by molar-refractivity contribution is 0.657. The van der Waals surface area contributed by atoms with Gasteiger partial charge in [0.2, 0.25) is 0 Å². The normalized spacial score (nSPS) is 12.2. The van der Waals surface area contributed by atoms with Gasteiger partial charge in [0.15, 0.2) is 0 Å². The van der Waals surface area contributed by atoms with Crippen molar-refractivity contribution >= 4 is 109 Å². The lowest BCUT2D eigenvalue weighted by atomic mass is 9.84. The zero-order chi connectivity index (χ0) is 43.0. The topological polar surface area (TPSA) is 52.6 Å². The summed E-state index contributed by atoms with van der Waals surface area (Å²) in [5, 5.41) is 13.3. The molecule has 4 aromatic heterocycles. The maximum absolute atomic E-state index is 6.74. The molecule has 0 aliphatic heterocycles. The molecule has 0 N–H and O–H groups in total. The average molecular weight is 843 g/mol. The monoisotopic (exact) mass is 842 g/mol. The SMILES string of the molecule is c1cc(-c2c3ccccc3c(-c3cccc(-c4c5oc6ccccc6c5cc5c4oc4ccccc45)c3)c3ccccc23)cc(-c2c3oc4ccccc4c3cc3c2oc2ccccc23)c1. The quantitative estimate of drug-likeness (QED) is 0.166. The van der Waals surface area contributed by atoms with Crippen LogP contribution in [0.5, 0.6) is 0 Å². The predicted molar refractivity (Wildman–Crippen MR) is 272 cm³/mol. The third-order valence-corrected chi connectivity index (χ3v) is 13.8. The Balaban J connectivity index is 0.971. The Morgan fingerprint density at radius 1 is 0.182 bits per heavy atom. The van der Waals surface area contributed by atoms with Crippen LogP contribution in [-0.4, -0.2) is 0 Å². The summed E-state index contributed by atoms with van der Waals surface area (Å²) in [6.45, 7) is 0. The van der Waals surface area contributed by atoms with E-state index in [1.54, 1.807) is 0 Å². The molecule has 0 saturated carbocycles. The second-order valence-electron chi connectivity index (χ2n) is 17.4. The van der Waals surface area contributed by atoms with Crippen molar-refractivity contribution in [3.8, 4) is 44.5 Å². The van der Waals surface area contributed by atoms with Crippen molar-refractivity contribution < 1.29 is 17.7 Å². The second-order valence-corrected chi connectivity index (χ2v) is 17.4. The fourth-order valence-electron chi connectivity index (χ4n) is 11.0. The molecule has 11 aromatic carbocycles. The van der Waals surface area contributed by atoms with Crippen molar-refractivity contribution in [1.82, 2.24) is 0 Å². The van der Waals surface area contributed by atoms with Crippen molar-refractivity contribution in [2.45, 2.75) is 0 Å². The van der Waals surface area contributed by atoms with Crippen LogP contribution in [0.3, 0.4) is 0 Å². The zero-order valence-corrected chi connectivity index (χ0v) is 35.3. The molecule has 0 radical (unpaired) electrons. The van der Waals surface area contributed by atoms with E-state index in [0.717, 1.165) is 121 Å². The number of hydrogen-bond donors (Lipinski definition) is 0. The minimum absolute atomic E-state index is 0.822. The van der Waals surface area contributed by atoms with Gasteiger partial charge in [-0.25, -0.2) is 0 Å². The van der Waals surface area contributed by atoms with Gasteiger partial charge < -0.3 is 17.7 Å². The maximum atomic E-state index is 6.74. The van der Waals surface area contributed by atoms with Crippen molar-refractivity contribution in [2.75, 3.05) is 0 Å². The molecule has 0 unspecified atom stereocenters. The Labute approximate surface area is 376 Å². The molecular formula is C62H34O4. The van der Waals surface area contributed by atoms with Gasteiger partial charge in [0.05, 0.1) is 11.1 Å². The molecule has 0 spiro atoms. The first-order chi connectivity index (χ1) is 32.7. The third kappa shape index (κ3) is 4.93. The van der Waals surface area contributed by atoms with Gasteiger partial charge in [0.1, 0.15) is 44.7 Å². The van der Waals surface area contributed by atoms with Gasteiger partial charge in [-0.2, -0.15) is 0 Å². The van der Waals surface area contributed by atoms with Crippen LogP contribution in [0.1, 0.15) is 0 Å². The fraction of sp³-hybridized carbons (Fsp3) is 0. The van der Waals surface area contributed by atoms with Crippen LogP contribution < -0.4 is 0 Å². The van der Waals surface area contributed by atoms with Crippen LogP contribution in [0.15, 0.2) is 224 Å². The van der Waals surface area contributed by atoms with E-state index < -0.39 is 0 Å². The first-order valence-corrected chi connectivity index (χ1v) is 22.4. The highest BCUT2D eigenvalue weighted by atomic mass is 16.4. The largest absolute Gasteiger partial charge is 0.455 e. The van der Waals surface area contributed by atoms with E-state index in [-0.39, 0.29) is 0 Å². The Hall–Kier alpha value is -8.86. The molecule has 0 fully saturated rings. The fourth-order valence-corrected chi connectivity index (χ4v) is 11.0. The smallest absolute Gasteiger partial charge is 0.147 e. The summed E-state index contributed by atoms with van der Waals surface area (Å²) < 4.78 is 27.0. The molecule has 0 bridgehead atoms. The number of benzene rings is 11. The van der Waals surface area contributed by atoms with Crippen molar-refractivity contribution in [3.63, 3.8) is 0 Å². The molecule has 0 atom stereocenters. The van der Waals surface area contributed by atoms with Gasteiger partial charge in [-0.3, -0.25) is 0 Å². The summed E-state index contributed by atoms with van der Waals surface area (Å²) in [4.78, 5) is 0. The first kappa shape index (κ1) is 35.6. The van der Waals surface area contributed by atoms with Crippen LogP contribution in [0.4, 0.5) is 0 Å². The molecule has 0 aliphatic carbocycles. The van der Waals surface area contributed by atoms with Gasteiger partial charge in [-0.05, 0) is 103 Å². The number of furan rings is 4. The number of para-hydroxylation sites is 4. The van der Waals surface area contributed by atoms with E-state index in [4.69, 9.17) is 17.7 Å². The molecule has 4 heteroatoms. The molecule has 4 nitrogen and oxygen atoms in total. The minimum atomic E-state index is 0.822. The Morgan fingerprint density at radius 2 is 0.424 bits per heavy atom. The van der Waals surface area contributed by atoms with E-state index in [1.807, 2.05) is 48.5 Å². The van der Waals surface area contributed by atoms with E-state index in [1.165, 1.54) is 32.7 Å². The predicted octanol–water partition coefficient (Wildman–Crippen LogP) is 18.3. The van der Waals surface area contributed by atoms with Crippen LogP contribution in [0.2, 0.25) is 0 Å². The summed E-state index contributed by atoms with van der Waals surface area (Å²) in [5.74, 6) is 0. The summed E-state index contributed by atoms with van der Waals surface area (Å²) in [6.07, 6.45) is 0. The van der Waals surface area contributed by atoms with Crippen LogP contribution in [0.25, 0.3) is 154 Å². The second kappa shape index (κ2) is 13.3. The highest BCUT2D eigenvalue weighted by molar-refractivity contribution is 6.25. The summed E-state index contributed by atoms with van der Waals surface area (Å²) in [5.41, 5.74) is 15.3. The Kier molecular flexibility index (Phi) is 7.19. The molecule has 0 amide bonds. The number of fused-ring (bicyclic) bond motifs is 14. The van der Waals surface area contributed by atoms with Crippen molar-refractivity contribution in [1.29, 1.82) is 0 Å². The zero-order valence-electron chi connectivity index (χ0n) is 35.3. The van der Waals surface area contributed by atoms with Gasteiger partial charge in [0, 0.05) is 43.1 Å². The third-order valence-electron chi connectivity index (χ3n) is 13.8.